The number of carbonyl (C=O) groups is 1. The van der Waals surface area contributed by atoms with E-state index in [2.05, 4.69) is 89.9 Å². The highest BCUT2D eigenvalue weighted by atomic mass is 16.5. The molecule has 0 unspecified atom stereocenters. The lowest BCUT2D eigenvalue weighted by atomic mass is 9.62. The van der Waals surface area contributed by atoms with Gasteiger partial charge in [-0.1, -0.05) is 55.3 Å². The van der Waals surface area contributed by atoms with E-state index in [1.54, 1.807) is 0 Å². The van der Waals surface area contributed by atoms with Crippen LogP contribution in [0.15, 0.2) is 58.9 Å². The number of allylic oxidation sites excluding steroid dienone is 6. The third kappa shape index (κ3) is 4.90. The first-order valence-electron chi connectivity index (χ1n) is 13.0. The molecule has 3 heteroatoms. The maximum absolute atomic E-state index is 13.5. The SMILES string of the molecule is CC(C)=CCC/C(C)=C/CC[C@@]1(C)OC2=C(C(=O)CC(C)(C)C2)[C@@H]2c3ccccc3N(C)C[C@@H]21. The largest absolute Gasteiger partial charge is 0.491 e. The lowest BCUT2D eigenvalue weighted by Gasteiger charge is -2.54. The molecule has 2 heterocycles. The van der Waals surface area contributed by atoms with Gasteiger partial charge in [0.25, 0.3) is 0 Å². The average molecular weight is 462 g/mol. The van der Waals surface area contributed by atoms with Gasteiger partial charge in [-0.05, 0) is 70.4 Å². The zero-order valence-electron chi connectivity index (χ0n) is 22.3. The van der Waals surface area contributed by atoms with E-state index in [4.69, 9.17) is 4.74 Å². The van der Waals surface area contributed by atoms with Crippen LogP contribution in [-0.4, -0.2) is 25.0 Å². The molecule has 0 spiro atoms. The standard InChI is InChI=1S/C31H43NO2/c1-21(2)12-10-13-22(3)14-11-17-31(6)24-20-32(7)25-16-9-8-15-23(25)28(24)29-26(33)18-30(4,5)19-27(29)34-31/h8-9,12,14-16,24,28H,10-11,13,17-20H2,1-7H3/b22-14+/t24-,28+,31+/m0/s1. The van der Waals surface area contributed by atoms with Gasteiger partial charge >= 0.3 is 0 Å². The van der Waals surface area contributed by atoms with Crippen LogP contribution in [0.2, 0.25) is 0 Å². The number of fused-ring (bicyclic) bond motifs is 4. The van der Waals surface area contributed by atoms with Crippen LogP contribution in [0.5, 0.6) is 0 Å². The fourth-order valence-electron chi connectivity index (χ4n) is 6.32. The van der Waals surface area contributed by atoms with Crippen molar-refractivity contribution < 1.29 is 9.53 Å². The number of benzene rings is 1. The van der Waals surface area contributed by atoms with E-state index in [1.165, 1.54) is 22.4 Å². The normalized spacial score (nSPS) is 28.0. The zero-order chi connectivity index (χ0) is 24.7. The Morgan fingerprint density at radius 2 is 1.82 bits per heavy atom. The number of nitrogens with zero attached hydrogens (tertiary/aromatic N) is 1. The molecule has 3 aliphatic rings. The molecule has 0 radical (unpaired) electrons. The molecular formula is C31H43NO2. The summed E-state index contributed by atoms with van der Waals surface area (Å²) in [5.41, 5.74) is 6.02. The van der Waals surface area contributed by atoms with Crippen molar-refractivity contribution in [2.75, 3.05) is 18.5 Å². The number of rotatable bonds is 6. The summed E-state index contributed by atoms with van der Waals surface area (Å²) in [5, 5.41) is 0. The molecule has 0 bridgehead atoms. The predicted molar refractivity (Wildman–Crippen MR) is 142 cm³/mol. The number of anilines is 1. The van der Waals surface area contributed by atoms with Gasteiger partial charge in [0.2, 0.25) is 0 Å². The number of para-hydroxylation sites is 1. The maximum atomic E-state index is 13.5. The number of ether oxygens (including phenoxy) is 1. The quantitative estimate of drug-likeness (QED) is 0.406. The van der Waals surface area contributed by atoms with Gasteiger partial charge in [0, 0.05) is 49.5 Å². The Bertz CT molecular complexity index is 1040. The van der Waals surface area contributed by atoms with Crippen molar-refractivity contribution in [3.63, 3.8) is 0 Å². The number of hydrogen-bond acceptors (Lipinski definition) is 3. The van der Waals surface area contributed by atoms with Gasteiger partial charge in [-0.25, -0.2) is 0 Å². The minimum atomic E-state index is -0.296. The summed E-state index contributed by atoms with van der Waals surface area (Å²) in [5.74, 6) is 1.65. The summed E-state index contributed by atoms with van der Waals surface area (Å²) in [6.07, 6.45) is 10.4. The fraction of sp³-hybridized carbons (Fsp3) is 0.581. The van der Waals surface area contributed by atoms with E-state index in [0.717, 1.165) is 50.0 Å². The molecule has 184 valence electrons. The highest BCUT2D eigenvalue weighted by Crippen LogP contribution is 2.56. The second kappa shape index (κ2) is 9.40. The molecule has 34 heavy (non-hydrogen) atoms. The molecule has 1 aromatic carbocycles. The lowest BCUT2D eigenvalue weighted by molar-refractivity contribution is -0.124. The van der Waals surface area contributed by atoms with Gasteiger partial charge in [-0.15, -0.1) is 0 Å². The third-order valence-corrected chi connectivity index (χ3v) is 8.11. The van der Waals surface area contributed by atoms with E-state index in [9.17, 15) is 4.79 Å². The molecule has 2 aliphatic heterocycles. The minimum absolute atomic E-state index is 0.0456. The Hall–Kier alpha value is -2.29. The Labute approximate surface area is 207 Å². The molecule has 0 fully saturated rings. The fourth-order valence-corrected chi connectivity index (χ4v) is 6.32. The second-order valence-electron chi connectivity index (χ2n) is 12.1. The zero-order valence-corrected chi connectivity index (χ0v) is 22.3. The van der Waals surface area contributed by atoms with E-state index < -0.39 is 0 Å². The molecule has 0 N–H and O–H groups in total. The molecule has 3 nitrogen and oxygen atoms in total. The summed E-state index contributed by atoms with van der Waals surface area (Å²) in [4.78, 5) is 15.8. The summed E-state index contributed by atoms with van der Waals surface area (Å²) >= 11 is 0. The molecule has 4 rings (SSSR count). The van der Waals surface area contributed by atoms with Crippen molar-refractivity contribution in [2.24, 2.45) is 11.3 Å². The van der Waals surface area contributed by atoms with E-state index in [1.807, 2.05) is 0 Å². The smallest absolute Gasteiger partial charge is 0.163 e. The van der Waals surface area contributed by atoms with Crippen LogP contribution in [0.25, 0.3) is 0 Å². The van der Waals surface area contributed by atoms with Crippen molar-refractivity contribution in [1.29, 1.82) is 0 Å². The van der Waals surface area contributed by atoms with Crippen LogP contribution in [0.3, 0.4) is 0 Å². The molecule has 0 amide bonds. The number of ketones is 1. The molecule has 1 aromatic rings. The summed E-state index contributed by atoms with van der Waals surface area (Å²) < 4.78 is 6.90. The Morgan fingerprint density at radius 1 is 1.09 bits per heavy atom. The van der Waals surface area contributed by atoms with Gasteiger partial charge in [-0.2, -0.15) is 0 Å². The number of carbonyl (C=O) groups excluding carboxylic acids is 1. The number of hydrogen-bond donors (Lipinski definition) is 0. The van der Waals surface area contributed by atoms with Crippen molar-refractivity contribution in [3.8, 4) is 0 Å². The third-order valence-electron chi connectivity index (χ3n) is 8.11. The summed E-state index contributed by atoms with van der Waals surface area (Å²) in [6.45, 7) is 14.2. The Morgan fingerprint density at radius 3 is 2.56 bits per heavy atom. The molecule has 0 saturated heterocycles. The lowest BCUT2D eigenvalue weighted by Crippen LogP contribution is -2.54. The summed E-state index contributed by atoms with van der Waals surface area (Å²) in [7, 11) is 2.18. The van der Waals surface area contributed by atoms with Crippen molar-refractivity contribution in [3.05, 3.63) is 64.5 Å². The first-order valence-corrected chi connectivity index (χ1v) is 13.0. The first kappa shape index (κ1) is 24.8. The van der Waals surface area contributed by atoms with Crippen molar-refractivity contribution >= 4 is 11.5 Å². The molecule has 0 saturated carbocycles. The monoisotopic (exact) mass is 461 g/mol. The van der Waals surface area contributed by atoms with Crippen molar-refractivity contribution in [2.45, 2.75) is 91.6 Å². The van der Waals surface area contributed by atoms with Crippen LogP contribution in [0, 0.1) is 11.3 Å². The maximum Gasteiger partial charge on any atom is 0.163 e. The second-order valence-corrected chi connectivity index (χ2v) is 12.1. The van der Waals surface area contributed by atoms with Crippen LogP contribution < -0.4 is 4.90 Å². The molecule has 3 atom stereocenters. The van der Waals surface area contributed by atoms with Gasteiger partial charge in [0.1, 0.15) is 11.4 Å². The van der Waals surface area contributed by atoms with Crippen molar-refractivity contribution in [1.82, 2.24) is 0 Å². The van der Waals surface area contributed by atoms with Crippen LogP contribution in [-0.2, 0) is 9.53 Å². The highest BCUT2D eigenvalue weighted by Gasteiger charge is 2.54. The van der Waals surface area contributed by atoms with Gasteiger partial charge in [0.15, 0.2) is 5.78 Å². The predicted octanol–water partition coefficient (Wildman–Crippen LogP) is 7.74. The van der Waals surface area contributed by atoms with Gasteiger partial charge in [-0.3, -0.25) is 4.79 Å². The Kier molecular flexibility index (Phi) is 6.86. The molecule has 0 aromatic heterocycles. The first-order chi connectivity index (χ1) is 16.0. The average Bonchev–Trinajstić information content (AvgIpc) is 2.73. The van der Waals surface area contributed by atoms with Gasteiger partial charge in [0.05, 0.1) is 0 Å². The minimum Gasteiger partial charge on any atom is -0.491 e. The van der Waals surface area contributed by atoms with E-state index >= 15 is 0 Å². The van der Waals surface area contributed by atoms with Crippen LogP contribution >= 0.6 is 0 Å². The van der Waals surface area contributed by atoms with Crippen LogP contribution in [0.1, 0.15) is 91.5 Å². The highest BCUT2D eigenvalue weighted by molar-refractivity contribution is 5.99. The molecule has 1 aliphatic carbocycles. The van der Waals surface area contributed by atoms with E-state index in [-0.39, 0.29) is 28.6 Å². The van der Waals surface area contributed by atoms with E-state index in [0.29, 0.717) is 6.42 Å². The topological polar surface area (TPSA) is 29.5 Å². The summed E-state index contributed by atoms with van der Waals surface area (Å²) in [6, 6.07) is 8.67. The van der Waals surface area contributed by atoms with Crippen LogP contribution in [0.4, 0.5) is 5.69 Å². The van der Waals surface area contributed by atoms with Gasteiger partial charge < -0.3 is 9.64 Å². The number of Topliss-reactive ketones (excluding diaryl/α,β-unsaturated/α-hetero) is 1. The Balaban J connectivity index is 1.66. The molecular weight excluding hydrogens is 418 g/mol.